The van der Waals surface area contributed by atoms with Gasteiger partial charge in [-0.1, -0.05) is 6.07 Å². The van der Waals surface area contributed by atoms with Gasteiger partial charge in [-0.05, 0) is 36.6 Å². The number of ether oxygens (including phenoxy) is 1. The summed E-state index contributed by atoms with van der Waals surface area (Å²) in [6, 6.07) is 8.46. The molecule has 0 spiro atoms. The molecule has 3 heteroatoms. The number of nitrogens with zero attached hydrogens (tertiary/aromatic N) is 1. The van der Waals surface area contributed by atoms with Crippen LogP contribution < -0.4 is 5.32 Å². The lowest BCUT2D eigenvalue weighted by Crippen LogP contribution is -2.28. The van der Waals surface area contributed by atoms with Gasteiger partial charge in [-0.15, -0.1) is 0 Å². The molecule has 1 heterocycles. The molecule has 16 heavy (non-hydrogen) atoms. The maximum Gasteiger partial charge on any atom is 0.0991 e. The molecule has 1 aliphatic rings. The van der Waals surface area contributed by atoms with E-state index in [0.29, 0.717) is 6.04 Å². The third kappa shape index (κ3) is 2.60. The molecule has 0 radical (unpaired) electrons. The first kappa shape index (κ1) is 11.1. The van der Waals surface area contributed by atoms with Crippen LogP contribution in [-0.4, -0.2) is 19.3 Å². The molecule has 1 atom stereocenters. The molecule has 0 aromatic heterocycles. The van der Waals surface area contributed by atoms with E-state index in [1.807, 2.05) is 25.1 Å². The molecule has 1 aromatic rings. The maximum absolute atomic E-state index is 8.77. The summed E-state index contributed by atoms with van der Waals surface area (Å²) < 4.78 is 5.31. The Bertz CT molecular complexity index is 403. The topological polar surface area (TPSA) is 45.0 Å². The van der Waals surface area contributed by atoms with Gasteiger partial charge in [0, 0.05) is 19.2 Å². The SMILES string of the molecule is Cc1cc(C#N)ccc1CNC1CCOC1. The van der Waals surface area contributed by atoms with Crippen LogP contribution >= 0.6 is 0 Å². The van der Waals surface area contributed by atoms with Gasteiger partial charge in [0.25, 0.3) is 0 Å². The second kappa shape index (κ2) is 5.11. The summed E-state index contributed by atoms with van der Waals surface area (Å²) in [5.74, 6) is 0. The molecule has 84 valence electrons. The molecule has 1 unspecified atom stereocenters. The molecule has 2 rings (SSSR count). The standard InChI is InChI=1S/C13H16N2O/c1-10-6-11(7-14)2-3-12(10)8-15-13-4-5-16-9-13/h2-3,6,13,15H,4-5,8-9H2,1H3. The van der Waals surface area contributed by atoms with E-state index in [0.717, 1.165) is 31.7 Å². The third-order valence-corrected chi connectivity index (χ3v) is 2.98. The van der Waals surface area contributed by atoms with Gasteiger partial charge in [0.15, 0.2) is 0 Å². The molecule has 0 saturated carbocycles. The molecule has 0 aliphatic carbocycles. The van der Waals surface area contributed by atoms with Gasteiger partial charge < -0.3 is 10.1 Å². The highest BCUT2D eigenvalue weighted by Crippen LogP contribution is 2.11. The Hall–Kier alpha value is -1.37. The summed E-state index contributed by atoms with van der Waals surface area (Å²) in [6.45, 7) is 4.58. The van der Waals surface area contributed by atoms with Gasteiger partial charge >= 0.3 is 0 Å². The fourth-order valence-electron chi connectivity index (χ4n) is 1.91. The van der Waals surface area contributed by atoms with E-state index in [9.17, 15) is 0 Å². The molecule has 0 bridgehead atoms. The predicted molar refractivity (Wildman–Crippen MR) is 62.0 cm³/mol. The Morgan fingerprint density at radius 1 is 1.56 bits per heavy atom. The van der Waals surface area contributed by atoms with Crippen molar-refractivity contribution in [3.05, 3.63) is 34.9 Å². The van der Waals surface area contributed by atoms with E-state index < -0.39 is 0 Å². The number of hydrogen-bond donors (Lipinski definition) is 1. The third-order valence-electron chi connectivity index (χ3n) is 2.98. The lowest BCUT2D eigenvalue weighted by Gasteiger charge is -2.12. The highest BCUT2D eigenvalue weighted by atomic mass is 16.5. The van der Waals surface area contributed by atoms with Crippen LogP contribution in [0.2, 0.25) is 0 Å². The average Bonchev–Trinajstić information content (AvgIpc) is 2.80. The molecular formula is C13H16N2O. The summed E-state index contributed by atoms with van der Waals surface area (Å²) in [5.41, 5.74) is 3.15. The van der Waals surface area contributed by atoms with Crippen molar-refractivity contribution in [2.75, 3.05) is 13.2 Å². The van der Waals surface area contributed by atoms with Crippen molar-refractivity contribution in [1.29, 1.82) is 5.26 Å². The first-order valence-electron chi connectivity index (χ1n) is 5.60. The second-order valence-corrected chi connectivity index (χ2v) is 4.19. The van der Waals surface area contributed by atoms with Crippen molar-refractivity contribution in [2.24, 2.45) is 0 Å². The Labute approximate surface area is 96.0 Å². The monoisotopic (exact) mass is 216 g/mol. The van der Waals surface area contributed by atoms with E-state index >= 15 is 0 Å². The van der Waals surface area contributed by atoms with Crippen LogP contribution in [-0.2, 0) is 11.3 Å². The number of aryl methyl sites for hydroxylation is 1. The zero-order valence-electron chi connectivity index (χ0n) is 9.49. The minimum absolute atomic E-state index is 0.482. The van der Waals surface area contributed by atoms with Crippen molar-refractivity contribution < 1.29 is 4.74 Å². The largest absolute Gasteiger partial charge is 0.380 e. The molecule has 3 nitrogen and oxygen atoms in total. The Balaban J connectivity index is 1.96. The fraction of sp³-hybridized carbons (Fsp3) is 0.462. The molecule has 0 amide bonds. The number of rotatable bonds is 3. The van der Waals surface area contributed by atoms with Crippen LogP contribution in [0.5, 0.6) is 0 Å². The number of hydrogen-bond acceptors (Lipinski definition) is 3. The van der Waals surface area contributed by atoms with Crippen LogP contribution in [0.15, 0.2) is 18.2 Å². The lowest BCUT2D eigenvalue weighted by atomic mass is 10.1. The highest BCUT2D eigenvalue weighted by Gasteiger charge is 2.14. The molecule has 1 N–H and O–H groups in total. The van der Waals surface area contributed by atoms with E-state index in [2.05, 4.69) is 11.4 Å². The van der Waals surface area contributed by atoms with Crippen molar-refractivity contribution in [2.45, 2.75) is 25.9 Å². The zero-order chi connectivity index (χ0) is 11.4. The summed E-state index contributed by atoms with van der Waals surface area (Å²) >= 11 is 0. The Morgan fingerprint density at radius 2 is 2.44 bits per heavy atom. The molecule has 1 saturated heterocycles. The quantitative estimate of drug-likeness (QED) is 0.837. The first-order chi connectivity index (χ1) is 7.79. The Kier molecular flexibility index (Phi) is 3.55. The van der Waals surface area contributed by atoms with Gasteiger partial charge in [0.2, 0.25) is 0 Å². The molecule has 1 aliphatic heterocycles. The summed E-state index contributed by atoms with van der Waals surface area (Å²) in [6.07, 6.45) is 1.09. The highest BCUT2D eigenvalue weighted by molar-refractivity contribution is 5.37. The smallest absolute Gasteiger partial charge is 0.0991 e. The van der Waals surface area contributed by atoms with E-state index in [4.69, 9.17) is 10.00 Å². The summed E-state index contributed by atoms with van der Waals surface area (Å²) in [4.78, 5) is 0. The van der Waals surface area contributed by atoms with Gasteiger partial charge in [-0.2, -0.15) is 5.26 Å². The average molecular weight is 216 g/mol. The van der Waals surface area contributed by atoms with Gasteiger partial charge in [-0.3, -0.25) is 0 Å². The maximum atomic E-state index is 8.77. The van der Waals surface area contributed by atoms with E-state index in [-0.39, 0.29) is 0 Å². The number of nitriles is 1. The fourth-order valence-corrected chi connectivity index (χ4v) is 1.91. The van der Waals surface area contributed by atoms with Crippen LogP contribution in [0, 0.1) is 18.3 Å². The minimum atomic E-state index is 0.482. The number of nitrogens with one attached hydrogen (secondary N) is 1. The van der Waals surface area contributed by atoms with Crippen molar-refractivity contribution >= 4 is 0 Å². The Morgan fingerprint density at radius 3 is 3.06 bits per heavy atom. The van der Waals surface area contributed by atoms with E-state index in [1.54, 1.807) is 0 Å². The van der Waals surface area contributed by atoms with Gasteiger partial charge in [-0.25, -0.2) is 0 Å². The predicted octanol–water partition coefficient (Wildman–Crippen LogP) is 1.75. The lowest BCUT2D eigenvalue weighted by molar-refractivity contribution is 0.190. The summed E-state index contributed by atoms with van der Waals surface area (Å²) in [7, 11) is 0. The molecular weight excluding hydrogens is 200 g/mol. The normalized spacial score (nSPS) is 19.6. The van der Waals surface area contributed by atoms with E-state index in [1.165, 1.54) is 11.1 Å². The minimum Gasteiger partial charge on any atom is -0.380 e. The van der Waals surface area contributed by atoms with Crippen molar-refractivity contribution in [1.82, 2.24) is 5.32 Å². The number of benzene rings is 1. The molecule has 1 aromatic carbocycles. The second-order valence-electron chi connectivity index (χ2n) is 4.19. The summed E-state index contributed by atoms with van der Waals surface area (Å²) in [5, 5.41) is 12.2. The van der Waals surface area contributed by atoms with Crippen molar-refractivity contribution in [3.8, 4) is 6.07 Å². The van der Waals surface area contributed by atoms with Gasteiger partial charge in [0.05, 0.1) is 18.2 Å². The first-order valence-corrected chi connectivity index (χ1v) is 5.60. The van der Waals surface area contributed by atoms with Crippen LogP contribution in [0.4, 0.5) is 0 Å². The van der Waals surface area contributed by atoms with Crippen LogP contribution in [0.3, 0.4) is 0 Å². The van der Waals surface area contributed by atoms with Crippen LogP contribution in [0.25, 0.3) is 0 Å². The van der Waals surface area contributed by atoms with Crippen molar-refractivity contribution in [3.63, 3.8) is 0 Å². The zero-order valence-corrected chi connectivity index (χ0v) is 9.49. The molecule has 1 fully saturated rings. The van der Waals surface area contributed by atoms with Gasteiger partial charge in [0.1, 0.15) is 0 Å². The van der Waals surface area contributed by atoms with Crippen LogP contribution in [0.1, 0.15) is 23.1 Å².